The highest BCUT2D eigenvalue weighted by Crippen LogP contribution is 2.37. The van der Waals surface area contributed by atoms with Gasteiger partial charge in [0.05, 0.1) is 10.0 Å². The lowest BCUT2D eigenvalue weighted by Gasteiger charge is -2.26. The number of rotatable bonds is 5. The SMILES string of the molecule is CN(C(CN)C1CC1)S(=O)(=O)c1cccc(Cl)c1Cl. The van der Waals surface area contributed by atoms with Crippen molar-refractivity contribution in [3.8, 4) is 0 Å². The minimum Gasteiger partial charge on any atom is -0.329 e. The Morgan fingerprint density at radius 1 is 1.42 bits per heavy atom. The molecule has 0 amide bonds. The predicted molar refractivity (Wildman–Crippen MR) is 77.0 cm³/mol. The molecule has 1 saturated carbocycles. The van der Waals surface area contributed by atoms with E-state index < -0.39 is 10.0 Å². The van der Waals surface area contributed by atoms with Crippen LogP contribution in [0, 0.1) is 5.92 Å². The van der Waals surface area contributed by atoms with Crippen LogP contribution in [0.5, 0.6) is 0 Å². The summed E-state index contributed by atoms with van der Waals surface area (Å²) in [6.07, 6.45) is 2.04. The van der Waals surface area contributed by atoms with Gasteiger partial charge in [-0.15, -0.1) is 0 Å². The zero-order valence-electron chi connectivity index (χ0n) is 10.5. The van der Waals surface area contributed by atoms with Crippen molar-refractivity contribution in [2.24, 2.45) is 11.7 Å². The molecule has 1 aliphatic rings. The van der Waals surface area contributed by atoms with Crippen LogP contribution in [0.4, 0.5) is 0 Å². The molecule has 1 aliphatic carbocycles. The molecule has 0 saturated heterocycles. The zero-order valence-corrected chi connectivity index (χ0v) is 12.8. The number of halogens is 2. The molecule has 0 heterocycles. The third kappa shape index (κ3) is 2.90. The highest BCUT2D eigenvalue weighted by atomic mass is 35.5. The average Bonchev–Trinajstić information content (AvgIpc) is 3.17. The van der Waals surface area contributed by atoms with E-state index in [-0.39, 0.29) is 21.0 Å². The Balaban J connectivity index is 2.38. The number of nitrogens with two attached hydrogens (primary N) is 1. The Morgan fingerprint density at radius 2 is 2.05 bits per heavy atom. The van der Waals surface area contributed by atoms with Gasteiger partial charge in [-0.2, -0.15) is 4.31 Å². The predicted octanol–water partition coefficient (Wildman–Crippen LogP) is 2.35. The number of hydrogen-bond acceptors (Lipinski definition) is 3. The van der Waals surface area contributed by atoms with Crippen molar-refractivity contribution in [3.63, 3.8) is 0 Å². The molecule has 7 heteroatoms. The fraction of sp³-hybridized carbons (Fsp3) is 0.500. The van der Waals surface area contributed by atoms with Crippen LogP contribution in [-0.2, 0) is 10.0 Å². The van der Waals surface area contributed by atoms with Crippen molar-refractivity contribution in [1.29, 1.82) is 0 Å². The summed E-state index contributed by atoms with van der Waals surface area (Å²) in [5.74, 6) is 0.350. The summed E-state index contributed by atoms with van der Waals surface area (Å²) in [5, 5.41) is 0.287. The molecule has 1 unspecified atom stereocenters. The van der Waals surface area contributed by atoms with Crippen molar-refractivity contribution < 1.29 is 8.42 Å². The third-order valence-corrected chi connectivity index (χ3v) is 6.30. The average molecular weight is 323 g/mol. The van der Waals surface area contributed by atoms with Crippen molar-refractivity contribution in [1.82, 2.24) is 4.31 Å². The highest BCUT2D eigenvalue weighted by molar-refractivity contribution is 7.89. The fourth-order valence-corrected chi connectivity index (χ4v) is 4.30. The molecule has 0 aromatic heterocycles. The molecule has 1 atom stereocenters. The lowest BCUT2D eigenvalue weighted by Crippen LogP contribution is -2.43. The molecule has 1 aromatic rings. The van der Waals surface area contributed by atoms with Gasteiger partial charge < -0.3 is 5.73 Å². The van der Waals surface area contributed by atoms with E-state index in [2.05, 4.69) is 0 Å². The van der Waals surface area contributed by atoms with E-state index in [0.717, 1.165) is 12.8 Å². The number of nitrogens with zero attached hydrogens (tertiary/aromatic N) is 1. The molecular weight excluding hydrogens is 307 g/mol. The number of likely N-dealkylation sites (N-methyl/N-ethyl adjacent to an activating group) is 1. The van der Waals surface area contributed by atoms with Gasteiger partial charge in [0.1, 0.15) is 4.90 Å². The van der Waals surface area contributed by atoms with E-state index in [1.807, 2.05) is 0 Å². The molecule has 0 bridgehead atoms. The molecule has 1 aromatic carbocycles. The number of sulfonamides is 1. The number of benzene rings is 1. The maximum atomic E-state index is 12.6. The van der Waals surface area contributed by atoms with Crippen LogP contribution in [0.1, 0.15) is 12.8 Å². The van der Waals surface area contributed by atoms with Crippen molar-refractivity contribution >= 4 is 33.2 Å². The summed E-state index contributed by atoms with van der Waals surface area (Å²) < 4.78 is 26.5. The van der Waals surface area contributed by atoms with Gasteiger partial charge in [0, 0.05) is 19.6 Å². The molecule has 106 valence electrons. The Labute approximate surface area is 123 Å². The lowest BCUT2D eigenvalue weighted by atomic mass is 10.2. The first-order valence-corrected chi connectivity index (χ1v) is 8.21. The second-order valence-electron chi connectivity index (χ2n) is 4.71. The fourth-order valence-electron chi connectivity index (χ4n) is 2.14. The summed E-state index contributed by atoms with van der Waals surface area (Å²) in [6, 6.07) is 4.41. The number of hydrogen-bond donors (Lipinski definition) is 1. The lowest BCUT2D eigenvalue weighted by molar-refractivity contribution is 0.340. The topological polar surface area (TPSA) is 63.4 Å². The summed E-state index contributed by atoms with van der Waals surface area (Å²) >= 11 is 11.9. The van der Waals surface area contributed by atoms with Crippen LogP contribution in [0.2, 0.25) is 10.0 Å². The molecule has 1 fully saturated rings. The second-order valence-corrected chi connectivity index (χ2v) is 7.46. The van der Waals surface area contributed by atoms with Gasteiger partial charge in [0.25, 0.3) is 0 Å². The zero-order chi connectivity index (χ0) is 14.2. The van der Waals surface area contributed by atoms with Crippen molar-refractivity contribution in [3.05, 3.63) is 28.2 Å². The van der Waals surface area contributed by atoms with Crippen molar-refractivity contribution in [2.75, 3.05) is 13.6 Å². The van der Waals surface area contributed by atoms with Gasteiger partial charge in [-0.05, 0) is 30.9 Å². The quantitative estimate of drug-likeness (QED) is 0.905. The summed E-state index contributed by atoms with van der Waals surface area (Å²) in [6.45, 7) is 0.304. The molecule has 2 N–H and O–H groups in total. The first kappa shape index (κ1) is 15.1. The van der Waals surface area contributed by atoms with Crippen molar-refractivity contribution in [2.45, 2.75) is 23.8 Å². The van der Waals surface area contributed by atoms with E-state index >= 15 is 0 Å². The Hall–Kier alpha value is -0.330. The Bertz CT molecular complexity index is 573. The van der Waals surface area contributed by atoms with E-state index in [4.69, 9.17) is 28.9 Å². The molecule has 0 radical (unpaired) electrons. The van der Waals surface area contributed by atoms with Crippen LogP contribution in [-0.4, -0.2) is 32.4 Å². The van der Waals surface area contributed by atoms with Gasteiger partial charge in [-0.1, -0.05) is 29.3 Å². The summed E-state index contributed by atoms with van der Waals surface area (Å²) in [5.41, 5.74) is 5.69. The van der Waals surface area contributed by atoms with E-state index in [0.29, 0.717) is 12.5 Å². The van der Waals surface area contributed by atoms with Gasteiger partial charge in [-0.3, -0.25) is 0 Å². The van der Waals surface area contributed by atoms with Crippen LogP contribution in [0.25, 0.3) is 0 Å². The van der Waals surface area contributed by atoms with E-state index in [1.165, 1.54) is 10.4 Å². The Morgan fingerprint density at radius 3 is 2.58 bits per heavy atom. The van der Waals surface area contributed by atoms with E-state index in [9.17, 15) is 8.42 Å². The molecule has 0 aliphatic heterocycles. The molecule has 4 nitrogen and oxygen atoms in total. The first-order valence-electron chi connectivity index (χ1n) is 6.01. The maximum absolute atomic E-state index is 12.6. The summed E-state index contributed by atoms with van der Waals surface area (Å²) in [7, 11) is -2.13. The molecular formula is C12H16Cl2N2O2S. The molecule has 0 spiro atoms. The van der Waals surface area contributed by atoms with Crippen LogP contribution >= 0.6 is 23.2 Å². The highest BCUT2D eigenvalue weighted by Gasteiger charge is 2.38. The van der Waals surface area contributed by atoms with Crippen LogP contribution in [0.15, 0.2) is 23.1 Å². The monoisotopic (exact) mass is 322 g/mol. The minimum atomic E-state index is -3.67. The Kier molecular flexibility index (Phi) is 4.42. The van der Waals surface area contributed by atoms with Gasteiger partial charge in [0.15, 0.2) is 0 Å². The van der Waals surface area contributed by atoms with Crippen LogP contribution in [0.3, 0.4) is 0 Å². The maximum Gasteiger partial charge on any atom is 0.244 e. The summed E-state index contributed by atoms with van der Waals surface area (Å²) in [4.78, 5) is 0.0308. The third-order valence-electron chi connectivity index (χ3n) is 3.45. The molecule has 2 rings (SSSR count). The van der Waals surface area contributed by atoms with Gasteiger partial charge in [-0.25, -0.2) is 8.42 Å². The molecule has 19 heavy (non-hydrogen) atoms. The standard InChI is InChI=1S/C12H16Cl2N2O2S/c1-16(10(7-15)8-5-6-8)19(17,18)11-4-2-3-9(13)12(11)14/h2-4,8,10H,5-7,15H2,1H3. The smallest absolute Gasteiger partial charge is 0.244 e. The van der Waals surface area contributed by atoms with Crippen LogP contribution < -0.4 is 5.73 Å². The van der Waals surface area contributed by atoms with Gasteiger partial charge >= 0.3 is 0 Å². The minimum absolute atomic E-state index is 0.0308. The van der Waals surface area contributed by atoms with Gasteiger partial charge in [0.2, 0.25) is 10.0 Å². The largest absolute Gasteiger partial charge is 0.329 e. The first-order chi connectivity index (χ1) is 8.89. The van der Waals surface area contributed by atoms with E-state index in [1.54, 1.807) is 19.2 Å². The second kappa shape index (κ2) is 5.58. The normalized spacial score (nSPS) is 17.7.